The lowest BCUT2D eigenvalue weighted by Crippen LogP contribution is -2.11. The Bertz CT molecular complexity index is 132. The van der Waals surface area contributed by atoms with Crippen LogP contribution in [0.1, 0.15) is 51.4 Å². The zero-order chi connectivity index (χ0) is 9.73. The summed E-state index contributed by atoms with van der Waals surface area (Å²) in [4.78, 5) is 0. The molecule has 1 aliphatic rings. The van der Waals surface area contributed by atoms with E-state index < -0.39 is 3.79 Å². The van der Waals surface area contributed by atoms with E-state index >= 15 is 0 Å². The summed E-state index contributed by atoms with van der Waals surface area (Å²) in [7, 11) is 0. The number of hydrogen-bond donors (Lipinski definition) is 0. The third-order valence-corrected chi connectivity index (χ3v) is 2.91. The summed E-state index contributed by atoms with van der Waals surface area (Å²) in [6, 6.07) is 0. The van der Waals surface area contributed by atoms with Gasteiger partial charge in [-0.1, -0.05) is 66.9 Å². The highest BCUT2D eigenvalue weighted by molar-refractivity contribution is 6.67. The lowest BCUT2D eigenvalue weighted by Gasteiger charge is -2.22. The van der Waals surface area contributed by atoms with E-state index in [0.717, 1.165) is 12.8 Å². The standard InChI is InChI=1S/C10H16Cl3/c11-10(12,13)8-9-6-4-2-1-3-5-7-9/h1-8H2. The average Bonchev–Trinajstić information content (AvgIpc) is 1.92. The SMILES string of the molecule is ClC(Cl)(Cl)C[C]1CCCCCCC1. The highest BCUT2D eigenvalue weighted by atomic mass is 35.6. The van der Waals surface area contributed by atoms with Crippen molar-refractivity contribution in [2.75, 3.05) is 0 Å². The fourth-order valence-corrected chi connectivity index (χ4v) is 2.43. The van der Waals surface area contributed by atoms with Crippen molar-refractivity contribution in [2.45, 2.75) is 55.2 Å². The molecule has 0 atom stereocenters. The van der Waals surface area contributed by atoms with Crippen LogP contribution in [0.4, 0.5) is 0 Å². The van der Waals surface area contributed by atoms with Gasteiger partial charge in [0, 0.05) is 6.42 Å². The summed E-state index contributed by atoms with van der Waals surface area (Å²) in [6.45, 7) is 0. The molecule has 0 aromatic carbocycles. The predicted octanol–water partition coefficient (Wildman–Crippen LogP) is 5.07. The van der Waals surface area contributed by atoms with E-state index in [0.29, 0.717) is 6.42 Å². The van der Waals surface area contributed by atoms with Crippen molar-refractivity contribution in [1.29, 1.82) is 0 Å². The third-order valence-electron chi connectivity index (χ3n) is 2.51. The Kier molecular flexibility index (Phi) is 5.22. The topological polar surface area (TPSA) is 0 Å². The highest BCUT2D eigenvalue weighted by Gasteiger charge is 2.25. The molecule has 0 aromatic rings. The first-order chi connectivity index (χ1) is 6.08. The molecule has 0 heterocycles. The molecule has 1 radical (unpaired) electrons. The summed E-state index contributed by atoms with van der Waals surface area (Å²) in [5.74, 6) is 1.44. The van der Waals surface area contributed by atoms with Crippen molar-refractivity contribution in [2.24, 2.45) is 0 Å². The van der Waals surface area contributed by atoms with Crippen molar-refractivity contribution in [3.63, 3.8) is 0 Å². The average molecular weight is 243 g/mol. The number of halogens is 3. The second-order valence-corrected chi connectivity index (χ2v) is 6.33. The fraction of sp³-hybridized carbons (Fsp3) is 0.900. The predicted molar refractivity (Wildman–Crippen MR) is 60.5 cm³/mol. The number of alkyl halides is 3. The van der Waals surface area contributed by atoms with Crippen LogP contribution in [-0.4, -0.2) is 3.79 Å². The molecule has 0 spiro atoms. The minimum absolute atomic E-state index is 0.650. The highest BCUT2D eigenvalue weighted by Crippen LogP contribution is 2.38. The van der Waals surface area contributed by atoms with E-state index in [4.69, 9.17) is 34.8 Å². The van der Waals surface area contributed by atoms with E-state index in [1.165, 1.54) is 38.0 Å². The van der Waals surface area contributed by atoms with E-state index in [-0.39, 0.29) is 0 Å². The molecule has 0 nitrogen and oxygen atoms in total. The van der Waals surface area contributed by atoms with Crippen molar-refractivity contribution < 1.29 is 0 Å². The Morgan fingerprint density at radius 2 is 1.31 bits per heavy atom. The summed E-state index contributed by atoms with van der Waals surface area (Å²) in [6.07, 6.45) is 9.57. The Morgan fingerprint density at radius 1 is 0.846 bits per heavy atom. The second kappa shape index (κ2) is 5.68. The van der Waals surface area contributed by atoms with Crippen molar-refractivity contribution in [3.05, 3.63) is 5.92 Å². The molecule has 0 aromatic heterocycles. The molecule has 0 aliphatic heterocycles. The molecule has 0 amide bonds. The summed E-state index contributed by atoms with van der Waals surface area (Å²) in [5, 5.41) is 0. The van der Waals surface area contributed by atoms with Gasteiger partial charge in [0.05, 0.1) is 0 Å². The first kappa shape index (κ1) is 11.9. The van der Waals surface area contributed by atoms with E-state index in [2.05, 4.69) is 0 Å². The second-order valence-electron chi connectivity index (χ2n) is 3.81. The van der Waals surface area contributed by atoms with Crippen LogP contribution in [0.2, 0.25) is 0 Å². The van der Waals surface area contributed by atoms with E-state index in [9.17, 15) is 0 Å². The number of rotatable bonds is 1. The molecule has 3 heteroatoms. The van der Waals surface area contributed by atoms with Crippen LogP contribution in [0.3, 0.4) is 0 Å². The Balaban J connectivity index is 2.29. The fourth-order valence-electron chi connectivity index (χ4n) is 1.87. The third kappa shape index (κ3) is 6.04. The molecular weight excluding hydrogens is 226 g/mol. The molecule has 1 fully saturated rings. The molecule has 0 saturated heterocycles. The number of hydrogen-bond acceptors (Lipinski definition) is 0. The van der Waals surface area contributed by atoms with Gasteiger partial charge in [-0.2, -0.15) is 0 Å². The first-order valence-electron chi connectivity index (χ1n) is 4.98. The minimum Gasteiger partial charge on any atom is -0.0837 e. The maximum absolute atomic E-state index is 5.77. The van der Waals surface area contributed by atoms with Crippen molar-refractivity contribution >= 4 is 34.8 Å². The Hall–Kier alpha value is 0.870. The van der Waals surface area contributed by atoms with Crippen LogP contribution >= 0.6 is 34.8 Å². The molecule has 13 heavy (non-hydrogen) atoms. The van der Waals surface area contributed by atoms with Gasteiger partial charge in [-0.15, -0.1) is 0 Å². The van der Waals surface area contributed by atoms with E-state index in [1.807, 2.05) is 0 Å². The monoisotopic (exact) mass is 241 g/mol. The molecule has 77 valence electrons. The van der Waals surface area contributed by atoms with E-state index in [1.54, 1.807) is 0 Å². The molecule has 0 N–H and O–H groups in total. The van der Waals surface area contributed by atoms with Gasteiger partial charge in [-0.05, 0) is 18.8 Å². The zero-order valence-electron chi connectivity index (χ0n) is 7.79. The van der Waals surface area contributed by atoms with Crippen molar-refractivity contribution in [3.8, 4) is 0 Å². The largest absolute Gasteiger partial charge is 0.191 e. The molecule has 1 aliphatic carbocycles. The molecule has 0 bridgehead atoms. The normalized spacial score (nSPS) is 22.4. The minimum atomic E-state index is -1.07. The molecule has 0 unspecified atom stereocenters. The first-order valence-corrected chi connectivity index (χ1v) is 6.12. The summed E-state index contributed by atoms with van der Waals surface area (Å²) in [5.41, 5.74) is 0. The van der Waals surface area contributed by atoms with Gasteiger partial charge in [-0.3, -0.25) is 0 Å². The Labute approximate surface area is 95.9 Å². The quantitative estimate of drug-likeness (QED) is 0.564. The van der Waals surface area contributed by atoms with Crippen LogP contribution in [0.5, 0.6) is 0 Å². The van der Waals surface area contributed by atoms with Crippen LogP contribution in [0.15, 0.2) is 0 Å². The lowest BCUT2D eigenvalue weighted by molar-refractivity contribution is 0.507. The molecule has 1 rings (SSSR count). The van der Waals surface area contributed by atoms with Crippen LogP contribution in [0.25, 0.3) is 0 Å². The van der Waals surface area contributed by atoms with Crippen LogP contribution in [-0.2, 0) is 0 Å². The maximum Gasteiger partial charge on any atom is 0.191 e. The summed E-state index contributed by atoms with van der Waals surface area (Å²) >= 11 is 17.3. The van der Waals surface area contributed by atoms with Crippen molar-refractivity contribution in [1.82, 2.24) is 0 Å². The van der Waals surface area contributed by atoms with Crippen LogP contribution in [0, 0.1) is 5.92 Å². The van der Waals surface area contributed by atoms with Gasteiger partial charge in [0.25, 0.3) is 0 Å². The van der Waals surface area contributed by atoms with Crippen LogP contribution < -0.4 is 0 Å². The van der Waals surface area contributed by atoms with Gasteiger partial charge in [-0.25, -0.2) is 0 Å². The molecule has 1 saturated carbocycles. The van der Waals surface area contributed by atoms with Gasteiger partial charge in [0.1, 0.15) is 0 Å². The van der Waals surface area contributed by atoms with Gasteiger partial charge >= 0.3 is 0 Å². The Morgan fingerprint density at radius 3 is 1.77 bits per heavy atom. The van der Waals surface area contributed by atoms with Gasteiger partial charge in [0.15, 0.2) is 3.79 Å². The maximum atomic E-state index is 5.77. The van der Waals surface area contributed by atoms with Gasteiger partial charge < -0.3 is 0 Å². The smallest absolute Gasteiger partial charge is 0.0837 e. The summed E-state index contributed by atoms with van der Waals surface area (Å²) < 4.78 is -1.07. The molecular formula is C10H16Cl3. The zero-order valence-corrected chi connectivity index (χ0v) is 10.1. The lowest BCUT2D eigenvalue weighted by atomic mass is 9.89. The van der Waals surface area contributed by atoms with Gasteiger partial charge in [0.2, 0.25) is 0 Å².